The maximum absolute atomic E-state index is 11.8. The Hall–Kier alpha value is -0.580. The van der Waals surface area contributed by atoms with Crippen LogP contribution in [0.25, 0.3) is 0 Å². The van der Waals surface area contributed by atoms with Gasteiger partial charge in [0.2, 0.25) is 5.91 Å². The lowest BCUT2D eigenvalue weighted by molar-refractivity contribution is -0.116. The summed E-state index contributed by atoms with van der Waals surface area (Å²) in [5, 5.41) is 6.75. The van der Waals surface area contributed by atoms with Gasteiger partial charge in [-0.15, -0.1) is 0 Å². The standard InChI is InChI=1S/C12H14BrClN2O/c13-10-4-3-9(6-11(10)14)16-12(17)7-8-2-1-5-15-8/h3-4,6,8,15H,1-2,5,7H2,(H,16,17). The smallest absolute Gasteiger partial charge is 0.225 e. The first-order chi connectivity index (χ1) is 8.15. The maximum atomic E-state index is 11.8. The number of halogens is 2. The van der Waals surface area contributed by atoms with E-state index < -0.39 is 0 Å². The van der Waals surface area contributed by atoms with Crippen LogP contribution in [0.5, 0.6) is 0 Å². The molecule has 1 atom stereocenters. The molecule has 1 fully saturated rings. The van der Waals surface area contributed by atoms with Crippen LogP contribution in [0.4, 0.5) is 5.69 Å². The Labute approximate surface area is 114 Å². The Kier molecular flexibility index (Phi) is 4.42. The van der Waals surface area contributed by atoms with Gasteiger partial charge in [0.15, 0.2) is 0 Å². The van der Waals surface area contributed by atoms with Crippen molar-refractivity contribution in [2.45, 2.75) is 25.3 Å². The summed E-state index contributed by atoms with van der Waals surface area (Å²) in [6.45, 7) is 1.02. The van der Waals surface area contributed by atoms with Crippen molar-refractivity contribution in [1.29, 1.82) is 0 Å². The van der Waals surface area contributed by atoms with E-state index in [1.54, 1.807) is 6.07 Å². The van der Waals surface area contributed by atoms with E-state index in [4.69, 9.17) is 11.6 Å². The number of benzene rings is 1. The highest BCUT2D eigenvalue weighted by atomic mass is 79.9. The average molecular weight is 318 g/mol. The van der Waals surface area contributed by atoms with Crippen LogP contribution in [0, 0.1) is 0 Å². The van der Waals surface area contributed by atoms with Gasteiger partial charge in [0.1, 0.15) is 0 Å². The van der Waals surface area contributed by atoms with Crippen molar-refractivity contribution in [2.24, 2.45) is 0 Å². The Morgan fingerprint density at radius 2 is 2.41 bits per heavy atom. The van der Waals surface area contributed by atoms with Gasteiger partial charge in [0.25, 0.3) is 0 Å². The molecule has 1 aromatic carbocycles. The molecule has 1 heterocycles. The number of hydrogen-bond acceptors (Lipinski definition) is 2. The van der Waals surface area contributed by atoms with E-state index in [9.17, 15) is 4.79 Å². The third-order valence-electron chi connectivity index (χ3n) is 2.80. The highest BCUT2D eigenvalue weighted by Gasteiger charge is 2.17. The van der Waals surface area contributed by atoms with Gasteiger partial charge in [-0.05, 0) is 53.5 Å². The molecule has 92 valence electrons. The molecule has 1 aliphatic heterocycles. The molecule has 0 saturated carbocycles. The van der Waals surface area contributed by atoms with Gasteiger partial charge in [-0.3, -0.25) is 4.79 Å². The third-order valence-corrected chi connectivity index (χ3v) is 4.03. The van der Waals surface area contributed by atoms with Gasteiger partial charge < -0.3 is 10.6 Å². The maximum Gasteiger partial charge on any atom is 0.225 e. The molecule has 0 radical (unpaired) electrons. The molecule has 0 aromatic heterocycles. The van der Waals surface area contributed by atoms with Crippen LogP contribution in [0.3, 0.4) is 0 Å². The van der Waals surface area contributed by atoms with Crippen LogP contribution in [0.1, 0.15) is 19.3 Å². The SMILES string of the molecule is O=C(CC1CCCN1)Nc1ccc(Br)c(Cl)c1. The molecule has 3 nitrogen and oxygen atoms in total. The quantitative estimate of drug-likeness (QED) is 0.899. The first kappa shape index (κ1) is 12.9. The van der Waals surface area contributed by atoms with E-state index in [0.717, 1.165) is 29.5 Å². The minimum atomic E-state index is 0.0304. The molecular weight excluding hydrogens is 304 g/mol. The zero-order chi connectivity index (χ0) is 12.3. The number of amides is 1. The number of nitrogens with one attached hydrogen (secondary N) is 2. The molecule has 0 bridgehead atoms. The van der Waals surface area contributed by atoms with Crippen molar-refractivity contribution in [2.75, 3.05) is 11.9 Å². The molecule has 1 saturated heterocycles. The van der Waals surface area contributed by atoms with Crippen LogP contribution in [0.15, 0.2) is 22.7 Å². The summed E-state index contributed by atoms with van der Waals surface area (Å²) in [6, 6.07) is 5.72. The van der Waals surface area contributed by atoms with Gasteiger partial charge in [0.05, 0.1) is 5.02 Å². The topological polar surface area (TPSA) is 41.1 Å². The van der Waals surface area contributed by atoms with Gasteiger partial charge in [-0.2, -0.15) is 0 Å². The van der Waals surface area contributed by atoms with E-state index >= 15 is 0 Å². The van der Waals surface area contributed by atoms with E-state index in [-0.39, 0.29) is 5.91 Å². The van der Waals surface area contributed by atoms with Crippen molar-refractivity contribution in [3.05, 3.63) is 27.7 Å². The van der Waals surface area contributed by atoms with Gasteiger partial charge in [0, 0.05) is 22.6 Å². The van der Waals surface area contributed by atoms with E-state index in [0.29, 0.717) is 17.5 Å². The number of hydrogen-bond donors (Lipinski definition) is 2. The molecule has 5 heteroatoms. The Morgan fingerprint density at radius 3 is 3.06 bits per heavy atom. The van der Waals surface area contributed by atoms with Crippen molar-refractivity contribution in [3.63, 3.8) is 0 Å². The second-order valence-corrected chi connectivity index (χ2v) is 5.44. The lowest BCUT2D eigenvalue weighted by Gasteiger charge is -2.10. The normalized spacial score (nSPS) is 19.3. The molecule has 0 aliphatic carbocycles. The van der Waals surface area contributed by atoms with Gasteiger partial charge in [-0.25, -0.2) is 0 Å². The Bertz CT molecular complexity index is 419. The van der Waals surface area contributed by atoms with Crippen molar-refractivity contribution in [1.82, 2.24) is 5.32 Å². The molecule has 17 heavy (non-hydrogen) atoms. The van der Waals surface area contributed by atoms with Crippen LogP contribution in [-0.4, -0.2) is 18.5 Å². The van der Waals surface area contributed by atoms with Crippen LogP contribution >= 0.6 is 27.5 Å². The van der Waals surface area contributed by atoms with Gasteiger partial charge >= 0.3 is 0 Å². The summed E-state index contributed by atoms with van der Waals surface area (Å²) >= 11 is 9.27. The zero-order valence-corrected chi connectivity index (χ0v) is 11.6. The van der Waals surface area contributed by atoms with Crippen LogP contribution in [0.2, 0.25) is 5.02 Å². The fraction of sp³-hybridized carbons (Fsp3) is 0.417. The zero-order valence-electron chi connectivity index (χ0n) is 9.30. The minimum Gasteiger partial charge on any atom is -0.326 e. The van der Waals surface area contributed by atoms with Crippen molar-refractivity contribution in [3.8, 4) is 0 Å². The summed E-state index contributed by atoms with van der Waals surface area (Å²) in [7, 11) is 0. The molecule has 1 unspecified atom stereocenters. The summed E-state index contributed by atoms with van der Waals surface area (Å²) in [5.74, 6) is 0.0304. The Morgan fingerprint density at radius 1 is 1.59 bits per heavy atom. The number of anilines is 1. The predicted octanol–water partition coefficient (Wildman–Crippen LogP) is 3.18. The van der Waals surface area contributed by atoms with E-state index in [2.05, 4.69) is 26.6 Å². The molecule has 1 aromatic rings. The van der Waals surface area contributed by atoms with Crippen LogP contribution in [-0.2, 0) is 4.79 Å². The highest BCUT2D eigenvalue weighted by molar-refractivity contribution is 9.10. The molecule has 2 N–H and O–H groups in total. The first-order valence-corrected chi connectivity index (χ1v) is 6.80. The number of carbonyl (C=O) groups is 1. The summed E-state index contributed by atoms with van der Waals surface area (Å²) in [4.78, 5) is 11.8. The summed E-state index contributed by atoms with van der Waals surface area (Å²) in [5.41, 5.74) is 0.737. The molecule has 1 aliphatic rings. The number of carbonyl (C=O) groups excluding carboxylic acids is 1. The minimum absolute atomic E-state index is 0.0304. The fourth-order valence-electron chi connectivity index (χ4n) is 1.94. The second-order valence-electron chi connectivity index (χ2n) is 4.17. The molecular formula is C12H14BrClN2O. The van der Waals surface area contributed by atoms with Crippen LogP contribution < -0.4 is 10.6 Å². The second kappa shape index (κ2) is 5.85. The lowest BCUT2D eigenvalue weighted by atomic mass is 10.1. The van der Waals surface area contributed by atoms with Gasteiger partial charge in [-0.1, -0.05) is 11.6 Å². The molecule has 2 rings (SSSR count). The first-order valence-electron chi connectivity index (χ1n) is 5.63. The average Bonchev–Trinajstić information content (AvgIpc) is 2.76. The van der Waals surface area contributed by atoms with Crippen molar-refractivity contribution >= 4 is 39.1 Å². The fourth-order valence-corrected chi connectivity index (χ4v) is 2.37. The lowest BCUT2D eigenvalue weighted by Crippen LogP contribution is -2.27. The Balaban J connectivity index is 1.90. The summed E-state index contributed by atoms with van der Waals surface area (Å²) < 4.78 is 0.828. The molecule has 1 amide bonds. The molecule has 0 spiro atoms. The van der Waals surface area contributed by atoms with Crippen molar-refractivity contribution < 1.29 is 4.79 Å². The van der Waals surface area contributed by atoms with E-state index in [1.165, 1.54) is 0 Å². The number of rotatable bonds is 3. The van der Waals surface area contributed by atoms with E-state index in [1.807, 2.05) is 12.1 Å². The summed E-state index contributed by atoms with van der Waals surface area (Å²) in [6.07, 6.45) is 2.75. The largest absolute Gasteiger partial charge is 0.326 e. The third kappa shape index (κ3) is 3.69. The highest BCUT2D eigenvalue weighted by Crippen LogP contribution is 2.25. The monoisotopic (exact) mass is 316 g/mol. The predicted molar refractivity (Wildman–Crippen MR) is 73.4 cm³/mol.